The first-order valence-electron chi connectivity index (χ1n) is 13.0. The quantitative estimate of drug-likeness (QED) is 0.323. The number of nitrogens with zero attached hydrogens (tertiary/aromatic N) is 1. The number of rotatable bonds is 8. The van der Waals surface area contributed by atoms with Gasteiger partial charge in [-0.25, -0.2) is 0 Å². The standard InChI is InChI=1S/C31H34N2O3S/c1-22-11-9-10-16-26(22)33-30(34)29(37-31(33)32-25-14-7-4-8-15-25)20-24-17-18-27(28(19-24)35-2)36-21-23-12-5-3-6-13-23/h3-8,12-15,17-20,22,26,31-32H,9-11,16,21H2,1-2H3/b29-20-/t22-,26+,31?/m0/s1. The molecule has 5 rings (SSSR count). The van der Waals surface area contributed by atoms with Crippen molar-refractivity contribution in [3.63, 3.8) is 0 Å². The zero-order valence-corrected chi connectivity index (χ0v) is 22.2. The monoisotopic (exact) mass is 514 g/mol. The van der Waals surface area contributed by atoms with E-state index in [4.69, 9.17) is 9.47 Å². The zero-order valence-electron chi connectivity index (χ0n) is 21.4. The second-order valence-electron chi connectivity index (χ2n) is 9.72. The minimum Gasteiger partial charge on any atom is -0.493 e. The molecule has 192 valence electrons. The maximum absolute atomic E-state index is 13.8. The average Bonchev–Trinajstić information content (AvgIpc) is 3.23. The van der Waals surface area contributed by atoms with Gasteiger partial charge in [0.05, 0.1) is 12.0 Å². The lowest BCUT2D eigenvalue weighted by Crippen LogP contribution is -2.48. The Labute approximate surface area is 223 Å². The number of methoxy groups -OCH3 is 1. The summed E-state index contributed by atoms with van der Waals surface area (Å²) in [4.78, 5) is 16.6. The summed E-state index contributed by atoms with van der Waals surface area (Å²) in [5.74, 6) is 1.91. The van der Waals surface area contributed by atoms with Crippen molar-refractivity contribution in [1.82, 2.24) is 4.90 Å². The van der Waals surface area contributed by atoms with E-state index in [1.54, 1.807) is 18.9 Å². The molecule has 1 heterocycles. The summed E-state index contributed by atoms with van der Waals surface area (Å²) < 4.78 is 11.6. The summed E-state index contributed by atoms with van der Waals surface area (Å²) in [6.07, 6.45) is 6.60. The molecule has 1 aliphatic heterocycles. The van der Waals surface area contributed by atoms with Crippen molar-refractivity contribution in [1.29, 1.82) is 0 Å². The number of hydrogen-bond acceptors (Lipinski definition) is 5. The molecule has 1 aliphatic carbocycles. The van der Waals surface area contributed by atoms with Crippen LogP contribution >= 0.6 is 11.8 Å². The van der Waals surface area contributed by atoms with E-state index in [0.717, 1.165) is 34.6 Å². The number of ether oxygens (including phenoxy) is 2. The minimum atomic E-state index is -0.137. The van der Waals surface area contributed by atoms with Crippen LogP contribution < -0.4 is 14.8 Å². The third kappa shape index (κ3) is 5.96. The van der Waals surface area contributed by atoms with Crippen LogP contribution in [-0.2, 0) is 11.4 Å². The Morgan fingerprint density at radius 3 is 2.43 bits per heavy atom. The predicted octanol–water partition coefficient (Wildman–Crippen LogP) is 7.16. The highest BCUT2D eigenvalue weighted by Crippen LogP contribution is 2.42. The molecular weight excluding hydrogens is 480 g/mol. The molecule has 6 heteroatoms. The first-order chi connectivity index (χ1) is 18.1. The van der Waals surface area contributed by atoms with Gasteiger partial charge in [-0.15, -0.1) is 0 Å². The molecule has 2 aliphatic rings. The summed E-state index contributed by atoms with van der Waals surface area (Å²) in [6, 6.07) is 26.3. The van der Waals surface area contributed by atoms with Crippen molar-refractivity contribution in [2.45, 2.75) is 50.8 Å². The maximum atomic E-state index is 13.8. The highest BCUT2D eigenvalue weighted by Gasteiger charge is 2.42. The number of benzene rings is 3. The third-order valence-electron chi connectivity index (χ3n) is 7.15. The lowest BCUT2D eigenvalue weighted by molar-refractivity contribution is -0.129. The summed E-state index contributed by atoms with van der Waals surface area (Å²) in [7, 11) is 1.64. The van der Waals surface area contributed by atoms with Gasteiger partial charge in [0.25, 0.3) is 5.91 Å². The van der Waals surface area contributed by atoms with E-state index in [2.05, 4.69) is 17.1 Å². The lowest BCUT2D eigenvalue weighted by atomic mass is 9.85. The molecule has 1 saturated carbocycles. The zero-order chi connectivity index (χ0) is 25.6. The highest BCUT2D eigenvalue weighted by atomic mass is 32.2. The Kier molecular flexibility index (Phi) is 8.05. The van der Waals surface area contributed by atoms with Gasteiger partial charge in [0, 0.05) is 11.7 Å². The largest absolute Gasteiger partial charge is 0.493 e. The molecule has 1 saturated heterocycles. The second kappa shape index (κ2) is 11.8. The topological polar surface area (TPSA) is 50.8 Å². The lowest BCUT2D eigenvalue weighted by Gasteiger charge is -2.39. The maximum Gasteiger partial charge on any atom is 0.262 e. The SMILES string of the molecule is COc1cc(/C=C2\SC(Nc3ccccc3)N([C@@H]3CCCC[C@@H]3C)C2=O)ccc1OCc1ccccc1. The number of amides is 1. The van der Waals surface area contributed by atoms with Crippen molar-refractivity contribution in [3.8, 4) is 11.5 Å². The Hall–Kier alpha value is -3.38. The third-order valence-corrected chi connectivity index (χ3v) is 8.26. The molecule has 3 aromatic rings. The van der Waals surface area contributed by atoms with Gasteiger partial charge < -0.3 is 19.7 Å². The van der Waals surface area contributed by atoms with Crippen LogP contribution in [0.4, 0.5) is 5.69 Å². The molecule has 0 bridgehead atoms. The number of nitrogens with one attached hydrogen (secondary N) is 1. The smallest absolute Gasteiger partial charge is 0.262 e. The second-order valence-corrected chi connectivity index (χ2v) is 10.8. The van der Waals surface area contributed by atoms with Gasteiger partial charge in [0.15, 0.2) is 17.0 Å². The molecule has 37 heavy (non-hydrogen) atoms. The predicted molar refractivity (Wildman–Crippen MR) is 151 cm³/mol. The van der Waals surface area contributed by atoms with Crippen molar-refractivity contribution < 1.29 is 14.3 Å². The first-order valence-corrected chi connectivity index (χ1v) is 13.9. The van der Waals surface area contributed by atoms with E-state index in [0.29, 0.717) is 24.0 Å². The van der Waals surface area contributed by atoms with Crippen LogP contribution in [0.15, 0.2) is 83.8 Å². The molecule has 0 spiro atoms. The Morgan fingerprint density at radius 1 is 0.973 bits per heavy atom. The fraction of sp³-hybridized carbons (Fsp3) is 0.323. The number of para-hydroxylation sites is 1. The van der Waals surface area contributed by atoms with Crippen LogP contribution in [0.5, 0.6) is 11.5 Å². The molecule has 2 fully saturated rings. The molecule has 0 aromatic heterocycles. The summed E-state index contributed by atoms with van der Waals surface area (Å²) in [5.41, 5.74) is 2.89. The minimum absolute atomic E-state index is 0.0977. The fourth-order valence-corrected chi connectivity index (χ4v) is 6.36. The first kappa shape index (κ1) is 25.3. The van der Waals surface area contributed by atoms with Crippen molar-refractivity contribution in [3.05, 3.63) is 94.9 Å². The summed E-state index contributed by atoms with van der Waals surface area (Å²) in [6.45, 7) is 2.75. The van der Waals surface area contributed by atoms with Gasteiger partial charge >= 0.3 is 0 Å². The molecule has 1 unspecified atom stereocenters. The van der Waals surface area contributed by atoms with Crippen LogP contribution in [0.25, 0.3) is 6.08 Å². The van der Waals surface area contributed by atoms with Gasteiger partial charge in [0.1, 0.15) is 6.61 Å². The fourth-order valence-electron chi connectivity index (χ4n) is 5.15. The number of anilines is 1. The Balaban J connectivity index is 1.38. The highest BCUT2D eigenvalue weighted by molar-refractivity contribution is 8.05. The van der Waals surface area contributed by atoms with Gasteiger partial charge in [0.2, 0.25) is 0 Å². The van der Waals surface area contributed by atoms with Crippen LogP contribution in [-0.4, -0.2) is 29.5 Å². The molecule has 5 nitrogen and oxygen atoms in total. The van der Waals surface area contributed by atoms with Crippen molar-refractivity contribution >= 4 is 29.4 Å². The van der Waals surface area contributed by atoms with Crippen LogP contribution in [0.2, 0.25) is 0 Å². The average molecular weight is 515 g/mol. The van der Waals surface area contributed by atoms with Crippen molar-refractivity contribution in [2.24, 2.45) is 5.92 Å². The van der Waals surface area contributed by atoms with Crippen LogP contribution in [0.3, 0.4) is 0 Å². The summed E-state index contributed by atoms with van der Waals surface area (Å²) in [5, 5.41) is 3.60. The van der Waals surface area contributed by atoms with E-state index in [9.17, 15) is 4.79 Å². The molecular formula is C31H34N2O3S. The van der Waals surface area contributed by atoms with E-state index >= 15 is 0 Å². The van der Waals surface area contributed by atoms with E-state index in [-0.39, 0.29) is 17.4 Å². The van der Waals surface area contributed by atoms with E-state index in [1.165, 1.54) is 12.8 Å². The number of thioether (sulfide) groups is 1. The van der Waals surface area contributed by atoms with Gasteiger partial charge in [-0.2, -0.15) is 0 Å². The van der Waals surface area contributed by atoms with E-state index < -0.39 is 0 Å². The van der Waals surface area contributed by atoms with Gasteiger partial charge in [-0.1, -0.05) is 86.1 Å². The van der Waals surface area contributed by atoms with Crippen molar-refractivity contribution in [2.75, 3.05) is 12.4 Å². The molecule has 3 atom stereocenters. The van der Waals surface area contributed by atoms with Crippen LogP contribution in [0.1, 0.15) is 43.7 Å². The molecule has 1 amide bonds. The number of carbonyl (C=O) groups excluding carboxylic acids is 1. The Morgan fingerprint density at radius 2 is 1.70 bits per heavy atom. The summed E-state index contributed by atoms with van der Waals surface area (Å²) >= 11 is 1.59. The molecule has 3 aromatic carbocycles. The molecule has 1 N–H and O–H groups in total. The number of carbonyl (C=O) groups is 1. The van der Waals surface area contributed by atoms with Crippen LogP contribution in [0, 0.1) is 5.92 Å². The van der Waals surface area contributed by atoms with Gasteiger partial charge in [-0.3, -0.25) is 4.79 Å². The normalized spacial score (nSPS) is 22.8. The van der Waals surface area contributed by atoms with Gasteiger partial charge in [-0.05, 0) is 60.2 Å². The Bertz CT molecular complexity index is 1230. The molecule has 0 radical (unpaired) electrons. The number of hydrogen-bond donors (Lipinski definition) is 1. The van der Waals surface area contributed by atoms with E-state index in [1.807, 2.05) is 84.9 Å².